The number of nitrogens with one attached hydrogen (secondary N) is 2. The number of rotatable bonds is 12. The summed E-state index contributed by atoms with van der Waals surface area (Å²) in [4.78, 5) is 54.1. The molecule has 2 amide bonds. The minimum atomic E-state index is -0.936. The largest absolute Gasteiger partial charge is 0.478 e. The van der Waals surface area contributed by atoms with Crippen LogP contribution in [0.5, 0.6) is 0 Å². The molecule has 9 nitrogen and oxygen atoms in total. The van der Waals surface area contributed by atoms with Gasteiger partial charge in [-0.1, -0.05) is 36.4 Å². The Labute approximate surface area is 296 Å². The van der Waals surface area contributed by atoms with E-state index >= 15 is 0 Å². The van der Waals surface area contributed by atoms with Crippen molar-refractivity contribution in [3.8, 4) is 0 Å². The second kappa shape index (κ2) is 16.3. The Kier molecular flexibility index (Phi) is 11.4. The van der Waals surface area contributed by atoms with E-state index < -0.39 is 5.97 Å². The molecule has 1 fully saturated rings. The first-order valence-corrected chi connectivity index (χ1v) is 18.3. The molecule has 0 spiro atoms. The van der Waals surface area contributed by atoms with E-state index in [1.807, 2.05) is 61.5 Å². The molecule has 0 radical (unpaired) electrons. The second-order valence-electron chi connectivity index (χ2n) is 13.0. The van der Waals surface area contributed by atoms with Crippen LogP contribution in [0.25, 0.3) is 0 Å². The van der Waals surface area contributed by atoms with Crippen LogP contribution in [0.4, 0.5) is 10.7 Å². The molecule has 0 atom stereocenters. The Morgan fingerprint density at radius 1 is 0.820 bits per heavy atom. The summed E-state index contributed by atoms with van der Waals surface area (Å²) in [7, 11) is 0. The van der Waals surface area contributed by atoms with Crippen LogP contribution in [-0.2, 0) is 41.8 Å². The number of carbonyl (C=O) groups excluding carboxylic acids is 3. The van der Waals surface area contributed by atoms with E-state index in [0.717, 1.165) is 91.6 Å². The van der Waals surface area contributed by atoms with Crippen LogP contribution in [0.1, 0.15) is 90.8 Å². The maximum Gasteiger partial charge on any atom is 0.335 e. The van der Waals surface area contributed by atoms with E-state index in [1.54, 1.807) is 18.2 Å². The lowest BCUT2D eigenvalue weighted by molar-refractivity contribution is -0.149. The maximum atomic E-state index is 13.8. The number of hydrogen-bond acceptors (Lipinski definition) is 7. The molecule has 4 aromatic rings. The number of likely N-dealkylation sites (tertiary alicyclic amines) is 1. The number of nitrogens with zero attached hydrogens (tertiary/aromatic N) is 1. The van der Waals surface area contributed by atoms with Crippen LogP contribution in [0.2, 0.25) is 0 Å². The number of carboxylic acids is 1. The molecule has 3 N–H and O–H groups in total. The average molecular weight is 694 g/mol. The van der Waals surface area contributed by atoms with Crippen LogP contribution in [-0.4, -0.2) is 53.5 Å². The topological polar surface area (TPSA) is 125 Å². The van der Waals surface area contributed by atoms with Gasteiger partial charge in [-0.3, -0.25) is 19.3 Å². The van der Waals surface area contributed by atoms with E-state index in [1.165, 1.54) is 11.3 Å². The zero-order valence-electron chi connectivity index (χ0n) is 28.3. The number of fused-ring (bicyclic) bond motifs is 1. The van der Waals surface area contributed by atoms with Gasteiger partial charge in [0.05, 0.1) is 23.7 Å². The number of piperidine rings is 1. The highest BCUT2D eigenvalue weighted by atomic mass is 32.1. The number of ether oxygens (including phenoxy) is 1. The Morgan fingerprint density at radius 3 is 2.18 bits per heavy atom. The number of carbonyl (C=O) groups is 4. The number of amides is 2. The summed E-state index contributed by atoms with van der Waals surface area (Å²) in [6.07, 6.45) is 6.85. The van der Waals surface area contributed by atoms with Crippen LogP contribution in [0, 0.1) is 5.92 Å². The molecule has 0 bridgehead atoms. The number of hydrogen-bond donors (Lipinski definition) is 3. The predicted octanol–water partition coefficient (Wildman–Crippen LogP) is 7.39. The molecule has 1 aliphatic carbocycles. The van der Waals surface area contributed by atoms with Gasteiger partial charge in [-0.15, -0.1) is 11.3 Å². The predicted molar refractivity (Wildman–Crippen MR) is 195 cm³/mol. The van der Waals surface area contributed by atoms with Gasteiger partial charge in [-0.25, -0.2) is 4.79 Å². The van der Waals surface area contributed by atoms with E-state index in [9.17, 15) is 19.2 Å². The van der Waals surface area contributed by atoms with Crippen molar-refractivity contribution in [2.75, 3.05) is 30.3 Å². The lowest BCUT2D eigenvalue weighted by Crippen LogP contribution is -2.36. The highest BCUT2D eigenvalue weighted by Crippen LogP contribution is 2.39. The standard InChI is InChI=1S/C40H43N3O6S/c1-2-49-40(48)30-20-22-43(23-21-30)25-28-6-5-7-31(24-28)36(44)42-38-35(33-8-3-4-9-34(33)50-38)37(45)41-32-18-14-27(15-19-32)11-10-26-12-16-29(17-13-26)39(46)47/h5-7,12-19,24,30H,2-4,8-11,20-23,25H2,1H3,(H,41,45)(H,42,44)(H,46,47). The summed E-state index contributed by atoms with van der Waals surface area (Å²) in [6, 6.07) is 22.3. The van der Waals surface area contributed by atoms with Crippen molar-refractivity contribution < 1.29 is 29.0 Å². The zero-order valence-corrected chi connectivity index (χ0v) is 29.2. The first kappa shape index (κ1) is 35.0. The normalized spacial score (nSPS) is 14.8. The summed E-state index contributed by atoms with van der Waals surface area (Å²) >= 11 is 1.50. The fourth-order valence-corrected chi connectivity index (χ4v) is 8.06. The van der Waals surface area contributed by atoms with Gasteiger partial charge in [0.1, 0.15) is 5.00 Å². The Balaban J connectivity index is 1.09. The van der Waals surface area contributed by atoms with E-state index in [0.29, 0.717) is 35.0 Å². The smallest absolute Gasteiger partial charge is 0.335 e. The van der Waals surface area contributed by atoms with Gasteiger partial charge in [0, 0.05) is 22.7 Å². The van der Waals surface area contributed by atoms with Crippen molar-refractivity contribution in [2.45, 2.75) is 64.8 Å². The van der Waals surface area contributed by atoms with Crippen LogP contribution < -0.4 is 10.6 Å². The lowest BCUT2D eigenvalue weighted by Gasteiger charge is -2.30. The van der Waals surface area contributed by atoms with Crippen molar-refractivity contribution in [2.24, 2.45) is 5.92 Å². The van der Waals surface area contributed by atoms with E-state index in [4.69, 9.17) is 9.84 Å². The van der Waals surface area contributed by atoms with Gasteiger partial charge in [0.25, 0.3) is 11.8 Å². The first-order valence-electron chi connectivity index (χ1n) is 17.4. The second-order valence-corrected chi connectivity index (χ2v) is 14.1. The van der Waals surface area contributed by atoms with Crippen molar-refractivity contribution in [1.29, 1.82) is 0 Å². The molecule has 0 unspecified atom stereocenters. The molecule has 0 saturated carbocycles. The quantitative estimate of drug-likeness (QED) is 0.132. The van der Waals surface area contributed by atoms with Crippen molar-refractivity contribution in [3.05, 3.63) is 117 Å². The molecule has 2 heterocycles. The minimum absolute atomic E-state index is 0.0471. The summed E-state index contributed by atoms with van der Waals surface area (Å²) in [5.74, 6) is -1.57. The van der Waals surface area contributed by atoms with Crippen LogP contribution >= 0.6 is 11.3 Å². The van der Waals surface area contributed by atoms with Gasteiger partial charge in [0.2, 0.25) is 0 Å². The number of aromatic carboxylic acids is 1. The average Bonchev–Trinajstić information content (AvgIpc) is 3.50. The van der Waals surface area contributed by atoms with E-state index in [2.05, 4.69) is 15.5 Å². The third kappa shape index (κ3) is 8.67. The molecule has 2 aliphatic rings. The Hall–Kier alpha value is -4.80. The number of aryl methyl sites for hydroxylation is 3. The van der Waals surface area contributed by atoms with Crippen molar-refractivity contribution in [1.82, 2.24) is 4.90 Å². The molecule has 10 heteroatoms. The summed E-state index contributed by atoms with van der Waals surface area (Å²) in [5, 5.41) is 15.8. The SMILES string of the molecule is CCOC(=O)C1CCN(Cc2cccc(C(=O)Nc3sc4c(c3C(=O)Nc3ccc(CCc5ccc(C(=O)O)cc5)cc3)CCCC4)c2)CC1. The summed E-state index contributed by atoms with van der Waals surface area (Å²) < 4.78 is 5.20. The molecule has 1 saturated heterocycles. The fourth-order valence-electron chi connectivity index (χ4n) is 6.78. The lowest BCUT2D eigenvalue weighted by atomic mass is 9.95. The molecule has 50 heavy (non-hydrogen) atoms. The first-order chi connectivity index (χ1) is 24.3. The number of anilines is 2. The molecule has 1 aliphatic heterocycles. The highest BCUT2D eigenvalue weighted by Gasteiger charge is 2.28. The van der Waals surface area contributed by atoms with Crippen LogP contribution in [0.3, 0.4) is 0 Å². The third-order valence-corrected chi connectivity index (χ3v) is 10.8. The maximum absolute atomic E-state index is 13.8. The molecule has 3 aromatic carbocycles. The summed E-state index contributed by atoms with van der Waals surface area (Å²) in [6.45, 7) is 4.52. The zero-order chi connectivity index (χ0) is 35.0. The Bertz CT molecular complexity index is 1840. The van der Waals surface area contributed by atoms with Gasteiger partial charge in [-0.2, -0.15) is 0 Å². The molecule has 260 valence electrons. The molecule has 1 aromatic heterocycles. The minimum Gasteiger partial charge on any atom is -0.478 e. The number of thiophene rings is 1. The monoisotopic (exact) mass is 693 g/mol. The van der Waals surface area contributed by atoms with Gasteiger partial charge < -0.3 is 20.5 Å². The molecular weight excluding hydrogens is 651 g/mol. The fraction of sp³-hybridized carbons (Fsp3) is 0.350. The van der Waals surface area contributed by atoms with Crippen molar-refractivity contribution in [3.63, 3.8) is 0 Å². The molecule has 6 rings (SSSR count). The highest BCUT2D eigenvalue weighted by molar-refractivity contribution is 7.17. The third-order valence-electron chi connectivity index (χ3n) is 9.54. The number of benzene rings is 3. The van der Waals surface area contributed by atoms with Crippen LogP contribution in [0.15, 0.2) is 72.8 Å². The van der Waals surface area contributed by atoms with Gasteiger partial charge in [-0.05, 0) is 130 Å². The molecular formula is C40H43N3O6S. The van der Waals surface area contributed by atoms with Crippen molar-refractivity contribution >= 4 is 45.8 Å². The Morgan fingerprint density at radius 2 is 1.50 bits per heavy atom. The number of carboxylic acid groups (broad SMARTS) is 1. The number of esters is 1. The van der Waals surface area contributed by atoms with Gasteiger partial charge >= 0.3 is 11.9 Å². The summed E-state index contributed by atoms with van der Waals surface area (Å²) in [5.41, 5.74) is 6.25. The van der Waals surface area contributed by atoms with Gasteiger partial charge in [0.15, 0.2) is 0 Å². The van der Waals surface area contributed by atoms with E-state index in [-0.39, 0.29) is 29.3 Å².